The summed E-state index contributed by atoms with van der Waals surface area (Å²) in [6.07, 6.45) is 6.33. The van der Waals surface area contributed by atoms with Crippen LogP contribution in [0.3, 0.4) is 0 Å². The van der Waals surface area contributed by atoms with Crippen molar-refractivity contribution in [3.05, 3.63) is 0 Å². The first-order valence-corrected chi connectivity index (χ1v) is 8.44. The molecular formula is C17H32O5. The maximum absolute atomic E-state index is 11.6. The lowest BCUT2D eigenvalue weighted by molar-refractivity contribution is -0.150. The molecule has 0 spiro atoms. The van der Waals surface area contributed by atoms with Crippen molar-refractivity contribution in [2.24, 2.45) is 5.92 Å². The average molecular weight is 316 g/mol. The molecule has 0 aromatic carbocycles. The molecule has 0 bridgehead atoms. The molecule has 0 fully saturated rings. The average Bonchev–Trinajstić information content (AvgIpc) is 2.52. The minimum atomic E-state index is -0.334. The molecule has 0 rings (SSSR count). The first-order chi connectivity index (χ1) is 10.6. The molecule has 0 heterocycles. The minimum absolute atomic E-state index is 0.0975. The third-order valence-electron chi connectivity index (χ3n) is 3.49. The Morgan fingerprint density at radius 3 is 1.95 bits per heavy atom. The van der Waals surface area contributed by atoms with Gasteiger partial charge in [0.05, 0.1) is 26.1 Å². The fourth-order valence-corrected chi connectivity index (χ4v) is 2.11. The van der Waals surface area contributed by atoms with Gasteiger partial charge in [-0.3, -0.25) is 9.59 Å². The molecule has 0 aromatic rings. The lowest BCUT2D eigenvalue weighted by atomic mass is 9.96. The third kappa shape index (κ3) is 12.6. The highest BCUT2D eigenvalue weighted by atomic mass is 16.5. The predicted molar refractivity (Wildman–Crippen MR) is 85.6 cm³/mol. The zero-order valence-corrected chi connectivity index (χ0v) is 14.4. The highest BCUT2D eigenvalue weighted by Crippen LogP contribution is 2.17. The molecule has 1 unspecified atom stereocenters. The van der Waals surface area contributed by atoms with E-state index >= 15 is 0 Å². The van der Waals surface area contributed by atoms with Gasteiger partial charge < -0.3 is 14.2 Å². The summed E-state index contributed by atoms with van der Waals surface area (Å²) in [7, 11) is 1.70. The Kier molecular flexibility index (Phi) is 14.1. The van der Waals surface area contributed by atoms with Gasteiger partial charge in [-0.1, -0.05) is 33.1 Å². The van der Waals surface area contributed by atoms with Gasteiger partial charge in [-0.25, -0.2) is 0 Å². The number of rotatable bonds is 14. The summed E-state index contributed by atoms with van der Waals surface area (Å²) < 4.78 is 15.2. The summed E-state index contributed by atoms with van der Waals surface area (Å²) in [6, 6.07) is 0. The van der Waals surface area contributed by atoms with E-state index in [1.165, 1.54) is 12.8 Å². The van der Waals surface area contributed by atoms with Gasteiger partial charge in [-0.15, -0.1) is 0 Å². The first-order valence-electron chi connectivity index (χ1n) is 8.44. The van der Waals surface area contributed by atoms with E-state index in [0.29, 0.717) is 19.1 Å². The molecule has 0 aliphatic rings. The van der Waals surface area contributed by atoms with Crippen LogP contribution in [-0.2, 0) is 23.8 Å². The van der Waals surface area contributed by atoms with Gasteiger partial charge in [0.2, 0.25) is 0 Å². The summed E-state index contributed by atoms with van der Waals surface area (Å²) in [5.74, 6) is -0.128. The van der Waals surface area contributed by atoms with Gasteiger partial charge in [-0.05, 0) is 25.2 Å². The van der Waals surface area contributed by atoms with E-state index in [0.717, 1.165) is 32.3 Å². The second kappa shape index (κ2) is 14.8. The monoisotopic (exact) mass is 316 g/mol. The van der Waals surface area contributed by atoms with Crippen LogP contribution >= 0.6 is 0 Å². The number of carbonyl (C=O) groups is 2. The van der Waals surface area contributed by atoms with Crippen molar-refractivity contribution in [2.75, 3.05) is 26.9 Å². The smallest absolute Gasteiger partial charge is 0.306 e. The Labute approximate surface area is 134 Å². The molecule has 0 aliphatic carbocycles. The second-order valence-corrected chi connectivity index (χ2v) is 5.52. The van der Waals surface area contributed by atoms with Crippen LogP contribution in [0.1, 0.15) is 65.2 Å². The summed E-state index contributed by atoms with van der Waals surface area (Å²) in [4.78, 5) is 22.9. The molecule has 0 saturated carbocycles. The SMILES string of the molecule is CCCCC(CCOC)CCOC(=O)CCC(=O)OCCC. The normalized spacial score (nSPS) is 12.0. The Morgan fingerprint density at radius 2 is 1.41 bits per heavy atom. The number of carbonyl (C=O) groups excluding carboxylic acids is 2. The van der Waals surface area contributed by atoms with Gasteiger partial charge in [-0.2, -0.15) is 0 Å². The number of esters is 2. The number of methoxy groups -OCH3 is 1. The Morgan fingerprint density at radius 1 is 0.818 bits per heavy atom. The quantitative estimate of drug-likeness (QED) is 0.459. The van der Waals surface area contributed by atoms with Gasteiger partial charge in [0.1, 0.15) is 0 Å². The molecule has 1 atom stereocenters. The van der Waals surface area contributed by atoms with E-state index < -0.39 is 0 Å². The fourth-order valence-electron chi connectivity index (χ4n) is 2.11. The molecule has 0 aromatic heterocycles. The van der Waals surface area contributed by atoms with Crippen LogP contribution in [0.5, 0.6) is 0 Å². The van der Waals surface area contributed by atoms with Gasteiger partial charge in [0, 0.05) is 13.7 Å². The molecule has 0 N–H and O–H groups in total. The number of hydrogen-bond acceptors (Lipinski definition) is 5. The summed E-state index contributed by atoms with van der Waals surface area (Å²) in [6.45, 7) is 5.67. The van der Waals surface area contributed by atoms with Crippen LogP contribution in [0.4, 0.5) is 0 Å². The van der Waals surface area contributed by atoms with Crippen LogP contribution in [0.2, 0.25) is 0 Å². The summed E-state index contributed by atoms with van der Waals surface area (Å²) in [5, 5.41) is 0. The van der Waals surface area contributed by atoms with Crippen LogP contribution in [0.15, 0.2) is 0 Å². The van der Waals surface area contributed by atoms with Gasteiger partial charge in [0.25, 0.3) is 0 Å². The molecule has 130 valence electrons. The van der Waals surface area contributed by atoms with Crippen molar-refractivity contribution < 1.29 is 23.8 Å². The molecule has 0 aliphatic heterocycles. The fraction of sp³-hybridized carbons (Fsp3) is 0.882. The first kappa shape index (κ1) is 20.9. The Balaban J connectivity index is 3.79. The maximum Gasteiger partial charge on any atom is 0.306 e. The summed E-state index contributed by atoms with van der Waals surface area (Å²) >= 11 is 0. The van der Waals surface area contributed by atoms with Crippen LogP contribution in [-0.4, -0.2) is 38.9 Å². The van der Waals surface area contributed by atoms with Crippen LogP contribution in [0.25, 0.3) is 0 Å². The number of ether oxygens (including phenoxy) is 3. The second-order valence-electron chi connectivity index (χ2n) is 5.52. The molecule has 5 heteroatoms. The van der Waals surface area contributed by atoms with Crippen molar-refractivity contribution in [1.82, 2.24) is 0 Å². The summed E-state index contributed by atoms with van der Waals surface area (Å²) in [5.41, 5.74) is 0. The largest absolute Gasteiger partial charge is 0.466 e. The molecule has 5 nitrogen and oxygen atoms in total. The van der Waals surface area contributed by atoms with Crippen molar-refractivity contribution in [3.8, 4) is 0 Å². The zero-order valence-electron chi connectivity index (χ0n) is 14.4. The Bertz CT molecular complexity index is 283. The van der Waals surface area contributed by atoms with Crippen LogP contribution < -0.4 is 0 Å². The molecular weight excluding hydrogens is 284 g/mol. The van der Waals surface area contributed by atoms with Crippen molar-refractivity contribution in [1.29, 1.82) is 0 Å². The van der Waals surface area contributed by atoms with Crippen molar-refractivity contribution in [2.45, 2.75) is 65.2 Å². The van der Waals surface area contributed by atoms with E-state index in [1.54, 1.807) is 7.11 Å². The zero-order chi connectivity index (χ0) is 16.6. The predicted octanol–water partition coefficient (Wildman–Crippen LogP) is 3.50. The van der Waals surface area contributed by atoms with Gasteiger partial charge in [0.15, 0.2) is 0 Å². The van der Waals surface area contributed by atoms with E-state index in [4.69, 9.17) is 14.2 Å². The molecule has 0 radical (unpaired) electrons. The highest BCUT2D eigenvalue weighted by molar-refractivity contribution is 5.77. The highest BCUT2D eigenvalue weighted by Gasteiger charge is 2.12. The number of hydrogen-bond donors (Lipinski definition) is 0. The molecule has 22 heavy (non-hydrogen) atoms. The minimum Gasteiger partial charge on any atom is -0.466 e. The molecule has 0 saturated heterocycles. The van der Waals surface area contributed by atoms with E-state index in [9.17, 15) is 9.59 Å². The third-order valence-corrected chi connectivity index (χ3v) is 3.49. The Hall–Kier alpha value is -1.10. The van der Waals surface area contributed by atoms with E-state index in [1.807, 2.05) is 6.92 Å². The van der Waals surface area contributed by atoms with E-state index in [2.05, 4.69) is 6.92 Å². The topological polar surface area (TPSA) is 61.8 Å². The lowest BCUT2D eigenvalue weighted by Crippen LogP contribution is -2.14. The van der Waals surface area contributed by atoms with Crippen molar-refractivity contribution >= 4 is 11.9 Å². The number of unbranched alkanes of at least 4 members (excludes halogenated alkanes) is 1. The molecule has 0 amide bonds. The maximum atomic E-state index is 11.6. The van der Waals surface area contributed by atoms with Crippen LogP contribution in [0, 0.1) is 5.92 Å². The van der Waals surface area contributed by atoms with Gasteiger partial charge >= 0.3 is 11.9 Å². The lowest BCUT2D eigenvalue weighted by Gasteiger charge is -2.16. The standard InChI is InChI=1S/C17H32O5/c1-4-6-7-15(10-13-20-3)11-14-22-17(19)9-8-16(18)21-12-5-2/h15H,4-14H2,1-3H3. The van der Waals surface area contributed by atoms with E-state index in [-0.39, 0.29) is 24.8 Å². The van der Waals surface area contributed by atoms with Crippen molar-refractivity contribution in [3.63, 3.8) is 0 Å².